The summed E-state index contributed by atoms with van der Waals surface area (Å²) in [4.78, 5) is 5.43. The molecule has 0 N–H and O–H groups in total. The highest BCUT2D eigenvalue weighted by Gasteiger charge is 2.62. The van der Waals surface area contributed by atoms with Crippen molar-refractivity contribution in [3.63, 3.8) is 0 Å². The number of benzene rings is 4. The maximum Gasteiger partial charge on any atom is 0.264 e. The molecule has 1 saturated carbocycles. The molecule has 0 saturated heterocycles. The topological polar surface area (TPSA) is 6.48 Å². The van der Waals surface area contributed by atoms with Gasteiger partial charge in [-0.3, -0.25) is 0 Å². The van der Waals surface area contributed by atoms with Gasteiger partial charge in [0, 0.05) is 48.0 Å². The minimum atomic E-state index is -0.0435. The van der Waals surface area contributed by atoms with Crippen LogP contribution in [-0.4, -0.2) is 12.3 Å². The Morgan fingerprint density at radius 3 is 1.93 bits per heavy atom. The largest absolute Gasteiger partial charge is 0.335 e. The van der Waals surface area contributed by atoms with Gasteiger partial charge in [-0.25, -0.2) is 0 Å². The molecular weight excluding hydrogens is 707 g/mol. The van der Waals surface area contributed by atoms with Crippen LogP contribution in [0.4, 0.5) is 28.4 Å². The van der Waals surface area contributed by atoms with Gasteiger partial charge in [-0.05, 0) is 129 Å². The van der Waals surface area contributed by atoms with Gasteiger partial charge in [0.15, 0.2) is 0 Å². The van der Waals surface area contributed by atoms with Crippen molar-refractivity contribution >= 4 is 83.9 Å². The van der Waals surface area contributed by atoms with E-state index in [1.807, 2.05) is 0 Å². The summed E-state index contributed by atoms with van der Waals surface area (Å²) >= 11 is 9.47. The summed E-state index contributed by atoms with van der Waals surface area (Å²) < 4.78 is 2.88. The van der Waals surface area contributed by atoms with Crippen molar-refractivity contribution in [2.45, 2.75) is 154 Å². The van der Waals surface area contributed by atoms with E-state index < -0.39 is 0 Å². The summed E-state index contributed by atoms with van der Waals surface area (Å²) in [5, 5.41) is 2.20. The van der Waals surface area contributed by atoms with Gasteiger partial charge in [-0.15, -0.1) is 11.3 Å². The first-order chi connectivity index (χ1) is 25.7. The maximum atomic E-state index is 7.41. The number of hydrogen-bond donors (Lipinski definition) is 0. The van der Waals surface area contributed by atoms with E-state index in [1.54, 1.807) is 5.56 Å². The number of thiophene rings is 1. The molecule has 0 bridgehead atoms. The summed E-state index contributed by atoms with van der Waals surface area (Å²) in [6, 6.07) is 24.5. The van der Waals surface area contributed by atoms with Gasteiger partial charge in [0.25, 0.3) is 6.71 Å². The second-order valence-corrected chi connectivity index (χ2v) is 23.3. The van der Waals surface area contributed by atoms with Crippen molar-refractivity contribution in [1.29, 1.82) is 0 Å². The molecule has 0 spiro atoms. The third-order valence-electron chi connectivity index (χ3n) is 15.4. The number of rotatable bonds is 1. The summed E-state index contributed by atoms with van der Waals surface area (Å²) in [5.74, 6) is 0. The number of hydrogen-bond acceptors (Lipinski definition) is 3. The maximum absolute atomic E-state index is 7.41. The zero-order valence-corrected chi connectivity index (χ0v) is 36.8. The van der Waals surface area contributed by atoms with Crippen molar-refractivity contribution in [3.8, 4) is 0 Å². The van der Waals surface area contributed by atoms with Crippen LogP contribution in [0.5, 0.6) is 0 Å². The van der Waals surface area contributed by atoms with E-state index in [2.05, 4.69) is 165 Å². The normalized spacial score (nSPS) is 24.3. The predicted octanol–water partition coefficient (Wildman–Crippen LogP) is 12.9. The average molecular weight is 765 g/mol. The number of nitrogens with zero attached hydrogens (tertiary/aromatic N) is 2. The van der Waals surface area contributed by atoms with E-state index in [-0.39, 0.29) is 39.3 Å². The van der Waals surface area contributed by atoms with E-state index >= 15 is 0 Å². The molecule has 0 radical (unpaired) electrons. The zero-order chi connectivity index (χ0) is 39.0. The van der Waals surface area contributed by atoms with Gasteiger partial charge in [0.1, 0.15) is 0 Å². The molecule has 1 aromatic heterocycles. The quantitative estimate of drug-likeness (QED) is 0.154. The molecule has 284 valence electrons. The summed E-state index contributed by atoms with van der Waals surface area (Å²) in [6.45, 7) is 29.3. The lowest BCUT2D eigenvalue weighted by atomic mass is 9.36. The molecule has 2 nitrogen and oxygen atoms in total. The van der Waals surface area contributed by atoms with Crippen LogP contribution in [0.2, 0.25) is 5.02 Å². The molecule has 2 atom stereocenters. The van der Waals surface area contributed by atoms with Crippen LogP contribution >= 0.6 is 22.9 Å². The van der Waals surface area contributed by atoms with Gasteiger partial charge in [0.05, 0.1) is 11.2 Å². The molecule has 5 heteroatoms. The van der Waals surface area contributed by atoms with Gasteiger partial charge >= 0.3 is 0 Å². The van der Waals surface area contributed by atoms with Crippen LogP contribution in [0.1, 0.15) is 149 Å². The molecule has 5 aliphatic rings. The molecule has 3 aliphatic heterocycles. The van der Waals surface area contributed by atoms with Gasteiger partial charge < -0.3 is 9.80 Å². The van der Waals surface area contributed by atoms with Crippen molar-refractivity contribution in [2.24, 2.45) is 0 Å². The molecule has 1 fully saturated rings. The minimum Gasteiger partial charge on any atom is -0.335 e. The number of fused-ring (bicyclic) bond motifs is 10. The van der Waals surface area contributed by atoms with E-state index in [1.165, 1.54) is 115 Å². The Hall–Kier alpha value is -3.21. The fraction of sp³-hybridized carbons (Fsp3) is 0.480. The van der Waals surface area contributed by atoms with E-state index in [0.29, 0.717) is 0 Å². The van der Waals surface area contributed by atoms with E-state index in [0.717, 1.165) is 5.02 Å². The number of halogens is 1. The molecule has 4 heterocycles. The molecule has 2 unspecified atom stereocenters. The Kier molecular flexibility index (Phi) is 7.26. The third kappa shape index (κ3) is 4.74. The van der Waals surface area contributed by atoms with Crippen molar-refractivity contribution in [1.82, 2.24) is 0 Å². The van der Waals surface area contributed by atoms with Crippen LogP contribution in [0.25, 0.3) is 10.1 Å². The first-order valence-corrected chi connectivity index (χ1v) is 22.2. The molecule has 55 heavy (non-hydrogen) atoms. The molecule has 4 aromatic carbocycles. The molecule has 5 aromatic rings. The highest BCUT2D eigenvalue weighted by atomic mass is 35.5. The third-order valence-corrected chi connectivity index (χ3v) is 16.8. The molecular formula is C50H58BClN2S. The Bertz CT molecular complexity index is 2480. The van der Waals surface area contributed by atoms with Crippen molar-refractivity contribution in [2.75, 3.05) is 9.80 Å². The Labute approximate surface area is 339 Å². The van der Waals surface area contributed by atoms with Gasteiger partial charge in [0.2, 0.25) is 0 Å². The lowest BCUT2D eigenvalue weighted by Gasteiger charge is -2.52. The summed E-state index contributed by atoms with van der Waals surface area (Å²) in [6.07, 6.45) is 7.34. The average Bonchev–Trinajstić information content (AvgIpc) is 3.57. The smallest absolute Gasteiger partial charge is 0.264 e. The fourth-order valence-corrected chi connectivity index (χ4v) is 13.2. The van der Waals surface area contributed by atoms with Crippen molar-refractivity contribution in [3.05, 3.63) is 93.5 Å². The molecule has 0 amide bonds. The Morgan fingerprint density at radius 1 is 0.655 bits per heavy atom. The van der Waals surface area contributed by atoms with Crippen LogP contribution in [-0.2, 0) is 27.1 Å². The standard InChI is InChI=1S/C50H58BClN2S/c1-45(2,3)29-15-17-32(18-16-29)53-38-25-31(52)26-39-41(38)51(44-42(53)33-27-34-35(28-40(33)55-44)48(9,10)22-21-47(34,7)8)37-24-30(46(4,5)6)23-36-43(37)54(39)50(12)20-14-13-19-49(36,50)11/h15-18,23-28H,13-14,19-22H2,1-12H3. The minimum absolute atomic E-state index is 0.0260. The Morgan fingerprint density at radius 2 is 1.27 bits per heavy atom. The lowest BCUT2D eigenvalue weighted by molar-refractivity contribution is 0.195. The van der Waals surface area contributed by atoms with E-state index in [4.69, 9.17) is 11.6 Å². The van der Waals surface area contributed by atoms with Crippen LogP contribution < -0.4 is 25.5 Å². The van der Waals surface area contributed by atoms with Crippen LogP contribution in [0.15, 0.2) is 60.7 Å². The SMILES string of the molecule is CC(C)(C)c1ccc(N2c3cc(Cl)cc4c3B(c3cc(C(C)(C)C)cc5c3N4C3(C)CCCCC53C)c3sc4cc5c(cc4c32)C(C)(C)CCC5(C)C)cc1. The van der Waals surface area contributed by atoms with Crippen molar-refractivity contribution < 1.29 is 0 Å². The first kappa shape index (κ1) is 36.2. The monoisotopic (exact) mass is 764 g/mol. The summed E-state index contributed by atoms with van der Waals surface area (Å²) in [5.41, 5.74) is 17.3. The fourth-order valence-electron chi connectivity index (χ4n) is 11.7. The van der Waals surface area contributed by atoms with Crippen LogP contribution in [0.3, 0.4) is 0 Å². The van der Waals surface area contributed by atoms with E-state index in [9.17, 15) is 0 Å². The zero-order valence-electron chi connectivity index (χ0n) is 35.3. The molecule has 10 rings (SSSR count). The Balaban J connectivity index is 1.35. The molecule has 2 aliphatic carbocycles. The second kappa shape index (κ2) is 11.0. The predicted molar refractivity (Wildman–Crippen MR) is 242 cm³/mol. The highest BCUT2D eigenvalue weighted by Crippen LogP contribution is 2.63. The second-order valence-electron chi connectivity index (χ2n) is 21.8. The lowest BCUT2D eigenvalue weighted by Crippen LogP contribution is -2.64. The van der Waals surface area contributed by atoms with Gasteiger partial charge in [-0.1, -0.05) is 125 Å². The van der Waals surface area contributed by atoms with Gasteiger partial charge in [-0.2, -0.15) is 0 Å². The summed E-state index contributed by atoms with van der Waals surface area (Å²) in [7, 11) is 0. The van der Waals surface area contributed by atoms with Crippen LogP contribution in [0, 0.1) is 0 Å². The highest BCUT2D eigenvalue weighted by molar-refractivity contribution is 7.33. The first-order valence-electron chi connectivity index (χ1n) is 21.0. The number of anilines is 5.